The fraction of sp³-hybridized carbons (Fsp3) is 0.478. The zero-order valence-electron chi connectivity index (χ0n) is 31.9. The van der Waals surface area contributed by atoms with Crippen LogP contribution < -0.4 is 0 Å². The first-order valence-corrected chi connectivity index (χ1v) is 18.3. The molecule has 2 heteroatoms. The summed E-state index contributed by atoms with van der Waals surface area (Å²) in [6, 6.07) is 7.15. The van der Waals surface area contributed by atoms with E-state index in [1.54, 1.807) is 19.1 Å². The fourth-order valence-electron chi connectivity index (χ4n) is 6.01. The normalized spacial score (nSPS) is 15.4. The highest BCUT2D eigenvalue weighted by Crippen LogP contribution is 2.28. The highest BCUT2D eigenvalue weighted by molar-refractivity contribution is 6.26. The maximum Gasteiger partial charge on any atom is 0.190 e. The number of Topliss-reactive ketones (excluding diaryl/α,β-unsaturated/α-hetero) is 2. The molecule has 0 aromatic heterocycles. The third-order valence-electron chi connectivity index (χ3n) is 9.39. The summed E-state index contributed by atoms with van der Waals surface area (Å²) in [5.41, 5.74) is 12.4. The molecule has 1 aromatic rings. The topological polar surface area (TPSA) is 34.1 Å². The maximum absolute atomic E-state index is 13.0. The average molecular weight is 649 g/mol. The molecule has 48 heavy (non-hydrogen) atoms. The van der Waals surface area contributed by atoms with Gasteiger partial charge in [0.15, 0.2) is 11.6 Å². The van der Waals surface area contributed by atoms with E-state index >= 15 is 0 Å². The number of allylic oxidation sites excluding steroid dienone is 16. The van der Waals surface area contributed by atoms with Crippen LogP contribution in [0.1, 0.15) is 167 Å². The van der Waals surface area contributed by atoms with E-state index in [1.807, 2.05) is 12.1 Å². The number of carbonyl (C=O) groups excluding carboxylic acids is 2. The van der Waals surface area contributed by atoms with Crippen molar-refractivity contribution in [1.29, 1.82) is 0 Å². The smallest absolute Gasteiger partial charge is 0.190 e. The van der Waals surface area contributed by atoms with E-state index in [4.69, 9.17) is 0 Å². The Morgan fingerprint density at radius 2 is 0.771 bits per heavy atom. The predicted molar refractivity (Wildman–Crippen MR) is 210 cm³/mol. The number of fused-ring (bicyclic) bond motifs is 1. The van der Waals surface area contributed by atoms with Crippen LogP contribution in [0, 0.1) is 0 Å². The van der Waals surface area contributed by atoms with Crippen LogP contribution in [0.15, 0.2) is 117 Å². The molecule has 2 nitrogen and oxygen atoms in total. The highest BCUT2D eigenvalue weighted by atomic mass is 16.1. The van der Waals surface area contributed by atoms with Crippen LogP contribution in [-0.4, -0.2) is 11.6 Å². The summed E-state index contributed by atoms with van der Waals surface area (Å²) in [4.78, 5) is 25.7. The van der Waals surface area contributed by atoms with Crippen molar-refractivity contribution in [2.75, 3.05) is 0 Å². The van der Waals surface area contributed by atoms with E-state index in [1.165, 1.54) is 51.9 Å². The minimum absolute atomic E-state index is 0.00832. The second-order valence-electron chi connectivity index (χ2n) is 14.3. The predicted octanol–water partition coefficient (Wildman–Crippen LogP) is 14.1. The number of rotatable bonds is 20. The van der Waals surface area contributed by atoms with E-state index in [2.05, 4.69) is 97.9 Å². The van der Waals surface area contributed by atoms with Gasteiger partial charge in [-0.2, -0.15) is 0 Å². The van der Waals surface area contributed by atoms with Crippen LogP contribution in [0.3, 0.4) is 0 Å². The minimum atomic E-state index is -0.0228. The Hall–Kier alpha value is -3.52. The molecule has 0 radical (unpaired) electrons. The van der Waals surface area contributed by atoms with Gasteiger partial charge in [0.1, 0.15) is 0 Å². The Bertz CT molecular complexity index is 1490. The minimum Gasteiger partial charge on any atom is -0.289 e. The highest BCUT2D eigenvalue weighted by Gasteiger charge is 2.28. The lowest BCUT2D eigenvalue weighted by Crippen LogP contribution is -2.20. The fourth-order valence-corrected chi connectivity index (χ4v) is 6.01. The second-order valence-corrected chi connectivity index (χ2v) is 14.3. The van der Waals surface area contributed by atoms with E-state index in [0.717, 1.165) is 64.2 Å². The van der Waals surface area contributed by atoms with Gasteiger partial charge in [-0.1, -0.05) is 106 Å². The van der Waals surface area contributed by atoms with Crippen LogP contribution >= 0.6 is 0 Å². The van der Waals surface area contributed by atoms with Crippen molar-refractivity contribution in [3.8, 4) is 0 Å². The molecule has 2 rings (SSSR count). The summed E-state index contributed by atoms with van der Waals surface area (Å²) in [5.74, 6) is -0.0311. The van der Waals surface area contributed by atoms with Gasteiger partial charge in [-0.05, 0) is 146 Å². The Balaban J connectivity index is 1.65. The molecule has 0 aliphatic heterocycles. The molecule has 0 fully saturated rings. The number of carbonyl (C=O) groups is 2. The number of hydrogen-bond donors (Lipinski definition) is 0. The standard InChI is InChI=1S/C46H64O2/c1-34(2)18-12-19-35(3)20-13-21-36(4)22-14-23-37(5)24-15-25-38(6)26-16-27-39(7)28-17-29-40(8)32-33-42-41(9)45(47)43-30-10-11-31-44(43)46(42)48/h10-11,18,20,22,24,26,28,30-32H,12-17,19,21,23,25,27,29,33H2,1-9H3/b35-20+,36-22+,37-24+,38-26?,39-28-,40-32-. The lowest BCUT2D eigenvalue weighted by molar-refractivity contribution is 0.0973. The van der Waals surface area contributed by atoms with Gasteiger partial charge in [-0.15, -0.1) is 0 Å². The Morgan fingerprint density at radius 1 is 0.458 bits per heavy atom. The summed E-state index contributed by atoms with van der Waals surface area (Å²) in [6.07, 6.45) is 30.4. The Labute approximate surface area is 294 Å². The summed E-state index contributed by atoms with van der Waals surface area (Å²) in [7, 11) is 0. The van der Waals surface area contributed by atoms with Crippen molar-refractivity contribution in [3.05, 3.63) is 128 Å². The van der Waals surface area contributed by atoms with Gasteiger partial charge in [-0.3, -0.25) is 9.59 Å². The molecule has 1 aliphatic rings. The van der Waals surface area contributed by atoms with Crippen molar-refractivity contribution in [1.82, 2.24) is 0 Å². The second kappa shape index (κ2) is 22.2. The first kappa shape index (κ1) is 40.7. The van der Waals surface area contributed by atoms with Gasteiger partial charge >= 0.3 is 0 Å². The molecule has 0 heterocycles. The van der Waals surface area contributed by atoms with Gasteiger partial charge in [0.2, 0.25) is 0 Å². The molecule has 1 aliphatic carbocycles. The first-order valence-electron chi connectivity index (χ1n) is 18.3. The van der Waals surface area contributed by atoms with Gasteiger partial charge in [0.05, 0.1) is 0 Å². The molecule has 0 saturated carbocycles. The molecular weight excluding hydrogens is 585 g/mol. The zero-order chi connectivity index (χ0) is 35.5. The summed E-state index contributed by atoms with van der Waals surface area (Å²) < 4.78 is 0. The van der Waals surface area contributed by atoms with Gasteiger partial charge in [0.25, 0.3) is 0 Å². The van der Waals surface area contributed by atoms with E-state index in [-0.39, 0.29) is 11.6 Å². The van der Waals surface area contributed by atoms with Crippen molar-refractivity contribution >= 4 is 11.6 Å². The van der Waals surface area contributed by atoms with Crippen LogP contribution in [0.25, 0.3) is 0 Å². The monoisotopic (exact) mass is 648 g/mol. The zero-order valence-corrected chi connectivity index (χ0v) is 31.9. The third kappa shape index (κ3) is 15.6. The average Bonchev–Trinajstić information content (AvgIpc) is 3.03. The largest absolute Gasteiger partial charge is 0.289 e. The third-order valence-corrected chi connectivity index (χ3v) is 9.39. The van der Waals surface area contributed by atoms with Crippen molar-refractivity contribution in [2.24, 2.45) is 0 Å². The molecule has 0 unspecified atom stereocenters. The lowest BCUT2D eigenvalue weighted by Gasteiger charge is -2.18. The number of benzene rings is 1. The van der Waals surface area contributed by atoms with Crippen molar-refractivity contribution in [3.63, 3.8) is 0 Å². The molecule has 0 amide bonds. The summed E-state index contributed by atoms with van der Waals surface area (Å²) in [5, 5.41) is 0. The molecular formula is C46H64O2. The Morgan fingerprint density at radius 3 is 1.12 bits per heavy atom. The van der Waals surface area contributed by atoms with E-state index in [0.29, 0.717) is 28.7 Å². The summed E-state index contributed by atoms with van der Waals surface area (Å²) >= 11 is 0. The van der Waals surface area contributed by atoms with Crippen molar-refractivity contribution in [2.45, 2.75) is 146 Å². The van der Waals surface area contributed by atoms with Crippen LogP contribution in [0.4, 0.5) is 0 Å². The summed E-state index contributed by atoms with van der Waals surface area (Å²) in [6.45, 7) is 19.6. The van der Waals surface area contributed by atoms with Crippen LogP contribution in [0.2, 0.25) is 0 Å². The molecule has 0 spiro atoms. The van der Waals surface area contributed by atoms with Crippen LogP contribution in [-0.2, 0) is 0 Å². The quantitative estimate of drug-likeness (QED) is 0.132. The molecule has 0 N–H and O–H groups in total. The van der Waals surface area contributed by atoms with E-state index < -0.39 is 0 Å². The molecule has 0 atom stereocenters. The van der Waals surface area contributed by atoms with Gasteiger partial charge in [0, 0.05) is 22.3 Å². The molecule has 1 aromatic carbocycles. The van der Waals surface area contributed by atoms with Crippen LogP contribution in [0.5, 0.6) is 0 Å². The van der Waals surface area contributed by atoms with Gasteiger partial charge < -0.3 is 0 Å². The van der Waals surface area contributed by atoms with Gasteiger partial charge in [-0.25, -0.2) is 0 Å². The molecule has 260 valence electrons. The molecule has 0 saturated heterocycles. The molecule has 0 bridgehead atoms. The number of ketones is 2. The maximum atomic E-state index is 13.0. The lowest BCUT2D eigenvalue weighted by atomic mass is 9.83. The Kier molecular flexibility index (Phi) is 18.8. The van der Waals surface area contributed by atoms with E-state index in [9.17, 15) is 9.59 Å². The SMILES string of the molecule is CC(C)=CCC/C(C)=C/CC/C(C)=C/CC/C(C)=C/CCC(C)=CCC/C(C)=C\CC/C(C)=C\CC1=C(C)C(=O)c2ccccc2C1=O. The number of hydrogen-bond acceptors (Lipinski definition) is 2. The first-order chi connectivity index (χ1) is 22.9. The van der Waals surface area contributed by atoms with Crippen molar-refractivity contribution < 1.29 is 9.59 Å².